The molecule has 0 amide bonds. The second-order valence-electron chi connectivity index (χ2n) is 10.0. The normalized spacial score (nSPS) is 23.1. The van der Waals surface area contributed by atoms with Crippen LogP contribution < -0.4 is 5.32 Å². The summed E-state index contributed by atoms with van der Waals surface area (Å²) >= 11 is 0. The highest BCUT2D eigenvalue weighted by molar-refractivity contribution is 5.98. The Balaban J connectivity index is 1.02. The molecule has 1 N–H and O–H groups in total. The van der Waals surface area contributed by atoms with E-state index in [0.717, 1.165) is 100 Å². The van der Waals surface area contributed by atoms with Crippen molar-refractivity contribution in [3.63, 3.8) is 0 Å². The Morgan fingerprint density at radius 2 is 1.54 bits per heavy atom. The van der Waals surface area contributed by atoms with Crippen molar-refractivity contribution < 1.29 is 13.9 Å². The van der Waals surface area contributed by atoms with Gasteiger partial charge in [0.1, 0.15) is 18.2 Å². The van der Waals surface area contributed by atoms with E-state index in [-0.39, 0.29) is 5.82 Å². The monoisotopic (exact) mass is 478 g/mol. The summed E-state index contributed by atoms with van der Waals surface area (Å²) in [5, 5.41) is 3.36. The molecule has 0 radical (unpaired) electrons. The number of halogens is 1. The lowest BCUT2D eigenvalue weighted by Gasteiger charge is -2.36. The number of hydrogen-bond acceptors (Lipinski definition) is 6. The number of ether oxygens (including phenoxy) is 2. The summed E-state index contributed by atoms with van der Waals surface area (Å²) < 4.78 is 25.4. The van der Waals surface area contributed by atoms with Gasteiger partial charge in [0.25, 0.3) is 0 Å². The maximum atomic E-state index is 13.8. The summed E-state index contributed by atoms with van der Waals surface area (Å²) in [6.07, 6.45) is 1.06. The van der Waals surface area contributed by atoms with Crippen LogP contribution >= 0.6 is 0 Å². The highest BCUT2D eigenvalue weighted by Crippen LogP contribution is 2.41. The van der Waals surface area contributed by atoms with Crippen molar-refractivity contribution >= 4 is 17.0 Å². The van der Waals surface area contributed by atoms with E-state index in [4.69, 9.17) is 9.47 Å². The minimum atomic E-state index is -0.211. The van der Waals surface area contributed by atoms with Crippen molar-refractivity contribution in [2.75, 3.05) is 84.0 Å². The number of rotatable bonds is 6. The highest BCUT2D eigenvalue weighted by atomic mass is 19.1. The molecule has 2 saturated heterocycles. The van der Waals surface area contributed by atoms with Gasteiger partial charge in [0.2, 0.25) is 0 Å². The quantitative estimate of drug-likeness (QED) is 0.688. The van der Waals surface area contributed by atoms with Crippen molar-refractivity contribution in [1.82, 2.24) is 14.7 Å². The van der Waals surface area contributed by atoms with Gasteiger partial charge < -0.3 is 19.7 Å². The summed E-state index contributed by atoms with van der Waals surface area (Å²) in [6, 6.07) is 11.6. The first-order valence-electron chi connectivity index (χ1n) is 13.0. The third kappa shape index (κ3) is 5.09. The average molecular weight is 479 g/mol. The first kappa shape index (κ1) is 23.0. The van der Waals surface area contributed by atoms with Crippen LogP contribution in [0.25, 0.3) is 11.3 Å². The topological polar surface area (TPSA) is 40.2 Å². The van der Waals surface area contributed by atoms with E-state index in [1.54, 1.807) is 12.1 Å². The van der Waals surface area contributed by atoms with Crippen molar-refractivity contribution in [2.45, 2.75) is 13.0 Å². The van der Waals surface area contributed by atoms with Crippen LogP contribution in [0.15, 0.2) is 36.4 Å². The zero-order chi connectivity index (χ0) is 23.6. The van der Waals surface area contributed by atoms with Gasteiger partial charge in [0.15, 0.2) is 0 Å². The SMILES string of the molecule is Fc1ccc2c(c1)C(=C1OCc3cc(CCN4CCN(CCN5CCOCC5)CC4)ccc31)CN2. The molecule has 0 aliphatic carbocycles. The van der Waals surface area contributed by atoms with Crippen molar-refractivity contribution in [2.24, 2.45) is 0 Å². The lowest BCUT2D eigenvalue weighted by atomic mass is 9.98. The molecule has 2 aromatic rings. The fourth-order valence-corrected chi connectivity index (χ4v) is 5.65. The number of hydrogen-bond donors (Lipinski definition) is 1. The molecular weight excluding hydrogens is 443 g/mol. The fourth-order valence-electron chi connectivity index (χ4n) is 5.65. The summed E-state index contributed by atoms with van der Waals surface area (Å²) in [5.41, 5.74) is 6.70. The molecule has 0 unspecified atom stereocenters. The Morgan fingerprint density at radius 3 is 2.34 bits per heavy atom. The van der Waals surface area contributed by atoms with Crippen LogP contribution in [0.3, 0.4) is 0 Å². The first-order chi connectivity index (χ1) is 17.2. The van der Waals surface area contributed by atoms with Gasteiger partial charge in [-0.25, -0.2) is 4.39 Å². The molecule has 6 nitrogen and oxygen atoms in total. The number of nitrogens with one attached hydrogen (secondary N) is 1. The summed E-state index contributed by atoms with van der Waals surface area (Å²) in [7, 11) is 0. The largest absolute Gasteiger partial charge is 0.488 e. The number of benzene rings is 2. The predicted octanol–water partition coefficient (Wildman–Crippen LogP) is 3.14. The van der Waals surface area contributed by atoms with Crippen LogP contribution in [0.1, 0.15) is 22.3 Å². The molecule has 0 atom stereocenters. The molecule has 4 aliphatic rings. The van der Waals surface area contributed by atoms with Gasteiger partial charge in [0.05, 0.1) is 13.2 Å². The molecule has 0 bridgehead atoms. The molecule has 4 heterocycles. The number of piperazine rings is 1. The number of morpholine rings is 1. The van der Waals surface area contributed by atoms with Crippen LogP contribution in [-0.4, -0.2) is 93.4 Å². The van der Waals surface area contributed by atoms with Crippen LogP contribution in [0.4, 0.5) is 10.1 Å². The zero-order valence-electron chi connectivity index (χ0n) is 20.4. The van der Waals surface area contributed by atoms with Gasteiger partial charge in [-0.05, 0) is 30.2 Å². The minimum Gasteiger partial charge on any atom is -0.488 e. The first-order valence-corrected chi connectivity index (χ1v) is 13.0. The van der Waals surface area contributed by atoms with Gasteiger partial charge in [-0.1, -0.05) is 18.2 Å². The lowest BCUT2D eigenvalue weighted by Crippen LogP contribution is -2.49. The molecule has 4 aliphatic heterocycles. The maximum absolute atomic E-state index is 13.8. The molecule has 35 heavy (non-hydrogen) atoms. The zero-order valence-corrected chi connectivity index (χ0v) is 20.4. The molecule has 186 valence electrons. The minimum absolute atomic E-state index is 0.211. The number of anilines is 1. The van der Waals surface area contributed by atoms with Crippen LogP contribution in [0.2, 0.25) is 0 Å². The summed E-state index contributed by atoms with van der Waals surface area (Å²) in [4.78, 5) is 7.72. The Kier molecular flexibility index (Phi) is 6.74. The van der Waals surface area contributed by atoms with Crippen LogP contribution in [-0.2, 0) is 22.5 Å². The van der Waals surface area contributed by atoms with Crippen molar-refractivity contribution in [1.29, 1.82) is 0 Å². The van der Waals surface area contributed by atoms with E-state index in [2.05, 4.69) is 38.2 Å². The molecule has 7 heteroatoms. The van der Waals surface area contributed by atoms with E-state index in [1.165, 1.54) is 23.7 Å². The Labute approximate surface area is 207 Å². The summed E-state index contributed by atoms with van der Waals surface area (Å²) in [5.74, 6) is 0.689. The van der Waals surface area contributed by atoms with Gasteiger partial charge in [0, 0.05) is 93.4 Å². The standard InChI is InChI=1S/C28H35FN4O2/c29-23-2-4-27-25(18-23)26(19-30-27)28-24-3-1-21(17-22(24)20-35-28)5-6-31-7-9-32(10-8-31)11-12-33-13-15-34-16-14-33/h1-4,17-18,30H,5-16,19-20H2. The van der Waals surface area contributed by atoms with Crippen LogP contribution in [0, 0.1) is 5.82 Å². The third-order valence-electron chi connectivity index (χ3n) is 7.84. The Morgan fingerprint density at radius 1 is 0.800 bits per heavy atom. The second-order valence-corrected chi connectivity index (χ2v) is 10.0. The van der Waals surface area contributed by atoms with Crippen LogP contribution in [0.5, 0.6) is 0 Å². The molecule has 2 fully saturated rings. The van der Waals surface area contributed by atoms with Crippen molar-refractivity contribution in [3.05, 3.63) is 64.5 Å². The Bertz CT molecular complexity index is 1090. The van der Waals surface area contributed by atoms with Gasteiger partial charge >= 0.3 is 0 Å². The summed E-state index contributed by atoms with van der Waals surface area (Å²) in [6.45, 7) is 13.2. The van der Waals surface area contributed by atoms with E-state index < -0.39 is 0 Å². The van der Waals surface area contributed by atoms with E-state index >= 15 is 0 Å². The van der Waals surface area contributed by atoms with E-state index in [0.29, 0.717) is 13.2 Å². The van der Waals surface area contributed by atoms with Gasteiger partial charge in [-0.3, -0.25) is 9.80 Å². The lowest BCUT2D eigenvalue weighted by molar-refractivity contribution is 0.0300. The molecule has 0 saturated carbocycles. The molecular formula is C28H35FN4O2. The fraction of sp³-hybridized carbons (Fsp3) is 0.500. The molecule has 0 aromatic heterocycles. The van der Waals surface area contributed by atoms with Gasteiger partial charge in [-0.15, -0.1) is 0 Å². The average Bonchev–Trinajstić information content (AvgIpc) is 3.50. The molecule has 0 spiro atoms. The van der Waals surface area contributed by atoms with E-state index in [9.17, 15) is 4.39 Å². The van der Waals surface area contributed by atoms with Crippen molar-refractivity contribution in [3.8, 4) is 0 Å². The number of nitrogens with zero attached hydrogens (tertiary/aromatic N) is 3. The van der Waals surface area contributed by atoms with E-state index in [1.807, 2.05) is 0 Å². The third-order valence-corrected chi connectivity index (χ3v) is 7.84. The highest BCUT2D eigenvalue weighted by Gasteiger charge is 2.27. The maximum Gasteiger partial charge on any atom is 0.133 e. The second kappa shape index (κ2) is 10.3. The smallest absolute Gasteiger partial charge is 0.133 e. The Hall–Kier alpha value is -2.45. The van der Waals surface area contributed by atoms with Gasteiger partial charge in [-0.2, -0.15) is 0 Å². The predicted molar refractivity (Wildman–Crippen MR) is 137 cm³/mol. The molecule has 2 aromatic carbocycles. The molecule has 6 rings (SSSR count). The number of fused-ring (bicyclic) bond motifs is 2.